The van der Waals surface area contributed by atoms with Crippen molar-refractivity contribution in [3.63, 3.8) is 0 Å². The van der Waals surface area contributed by atoms with Gasteiger partial charge < -0.3 is 14.5 Å². The molecule has 156 valence electrons. The van der Waals surface area contributed by atoms with E-state index in [0.29, 0.717) is 44.9 Å². The SMILES string of the molecule is CCOC(=O)N1CCN(C(=O)C(CC)N(c2ccc(C)cc2)S(C)(=O)=O)CC1. The van der Waals surface area contributed by atoms with Crippen LogP contribution in [0.25, 0.3) is 0 Å². The van der Waals surface area contributed by atoms with Gasteiger partial charge in [-0.15, -0.1) is 0 Å². The van der Waals surface area contributed by atoms with Crippen LogP contribution in [0.1, 0.15) is 25.8 Å². The molecule has 0 saturated carbocycles. The zero-order valence-corrected chi connectivity index (χ0v) is 17.7. The van der Waals surface area contributed by atoms with Gasteiger partial charge in [0.15, 0.2) is 0 Å². The van der Waals surface area contributed by atoms with Crippen molar-refractivity contribution in [2.75, 3.05) is 43.3 Å². The van der Waals surface area contributed by atoms with Crippen molar-refractivity contribution >= 4 is 27.7 Å². The van der Waals surface area contributed by atoms with Gasteiger partial charge in [-0.2, -0.15) is 0 Å². The van der Waals surface area contributed by atoms with Crippen LogP contribution in [0.5, 0.6) is 0 Å². The minimum atomic E-state index is -3.66. The third-order valence-electron chi connectivity index (χ3n) is 4.72. The van der Waals surface area contributed by atoms with Crippen LogP contribution in [0.4, 0.5) is 10.5 Å². The molecule has 0 N–H and O–H groups in total. The molecule has 1 fully saturated rings. The Morgan fingerprint density at radius 3 is 2.07 bits per heavy atom. The van der Waals surface area contributed by atoms with Crippen LogP contribution in [-0.2, 0) is 19.6 Å². The Hall–Kier alpha value is -2.29. The first-order valence-electron chi connectivity index (χ1n) is 9.45. The Bertz CT molecular complexity index is 786. The summed E-state index contributed by atoms with van der Waals surface area (Å²) in [6.45, 7) is 7.18. The molecule has 28 heavy (non-hydrogen) atoms. The number of piperazine rings is 1. The molecule has 1 unspecified atom stereocenters. The smallest absolute Gasteiger partial charge is 0.409 e. The van der Waals surface area contributed by atoms with Gasteiger partial charge in [-0.3, -0.25) is 9.10 Å². The first kappa shape index (κ1) is 22.0. The van der Waals surface area contributed by atoms with E-state index in [-0.39, 0.29) is 12.0 Å². The fraction of sp³-hybridized carbons (Fsp3) is 0.579. The summed E-state index contributed by atoms with van der Waals surface area (Å²) in [6, 6.07) is 6.24. The minimum Gasteiger partial charge on any atom is -0.450 e. The maximum absolute atomic E-state index is 13.1. The summed E-state index contributed by atoms with van der Waals surface area (Å²) < 4.78 is 31.2. The normalized spacial score (nSPS) is 15.9. The fourth-order valence-corrected chi connectivity index (χ4v) is 4.48. The number of anilines is 1. The number of carbonyl (C=O) groups is 2. The van der Waals surface area contributed by atoms with Gasteiger partial charge in [-0.05, 0) is 32.4 Å². The van der Waals surface area contributed by atoms with E-state index in [0.717, 1.165) is 11.8 Å². The van der Waals surface area contributed by atoms with Gasteiger partial charge in [-0.25, -0.2) is 13.2 Å². The Morgan fingerprint density at radius 1 is 1.07 bits per heavy atom. The molecule has 1 aliphatic rings. The highest BCUT2D eigenvalue weighted by Crippen LogP contribution is 2.24. The van der Waals surface area contributed by atoms with E-state index in [1.54, 1.807) is 35.8 Å². The number of ether oxygens (including phenoxy) is 1. The highest BCUT2D eigenvalue weighted by atomic mass is 32.2. The number of sulfonamides is 1. The van der Waals surface area contributed by atoms with E-state index in [1.165, 1.54) is 4.31 Å². The van der Waals surface area contributed by atoms with Gasteiger partial charge in [0.25, 0.3) is 0 Å². The van der Waals surface area contributed by atoms with Crippen molar-refractivity contribution in [2.45, 2.75) is 33.2 Å². The maximum atomic E-state index is 13.1. The van der Waals surface area contributed by atoms with Gasteiger partial charge in [-0.1, -0.05) is 24.6 Å². The molecule has 1 atom stereocenters. The van der Waals surface area contributed by atoms with Crippen molar-refractivity contribution in [2.24, 2.45) is 0 Å². The molecule has 1 heterocycles. The molecule has 0 bridgehead atoms. The molecule has 2 amide bonds. The van der Waals surface area contributed by atoms with Gasteiger partial charge in [0, 0.05) is 26.2 Å². The lowest BCUT2D eigenvalue weighted by atomic mass is 10.1. The van der Waals surface area contributed by atoms with Crippen molar-refractivity contribution in [3.8, 4) is 0 Å². The van der Waals surface area contributed by atoms with Crippen molar-refractivity contribution in [3.05, 3.63) is 29.8 Å². The third kappa shape index (κ3) is 5.15. The van der Waals surface area contributed by atoms with E-state index in [9.17, 15) is 18.0 Å². The van der Waals surface area contributed by atoms with E-state index >= 15 is 0 Å². The molecule has 1 aliphatic heterocycles. The maximum Gasteiger partial charge on any atom is 0.409 e. The summed E-state index contributed by atoms with van der Waals surface area (Å²) >= 11 is 0. The molecule has 1 aromatic carbocycles. The predicted molar refractivity (Wildman–Crippen MR) is 108 cm³/mol. The Labute approximate surface area is 167 Å². The quantitative estimate of drug-likeness (QED) is 0.713. The van der Waals surface area contributed by atoms with Gasteiger partial charge in [0.1, 0.15) is 6.04 Å². The third-order valence-corrected chi connectivity index (χ3v) is 5.90. The summed E-state index contributed by atoms with van der Waals surface area (Å²) in [6.07, 6.45) is 1.07. The summed E-state index contributed by atoms with van der Waals surface area (Å²) in [5.74, 6) is -0.253. The molecule has 0 radical (unpaired) electrons. The van der Waals surface area contributed by atoms with E-state index in [2.05, 4.69) is 0 Å². The van der Waals surface area contributed by atoms with E-state index in [1.807, 2.05) is 19.1 Å². The molecule has 9 heteroatoms. The number of hydrogen-bond acceptors (Lipinski definition) is 5. The molecule has 0 spiro atoms. The first-order chi connectivity index (χ1) is 13.2. The lowest BCUT2D eigenvalue weighted by molar-refractivity contribution is -0.134. The summed E-state index contributed by atoms with van der Waals surface area (Å²) in [4.78, 5) is 28.2. The topological polar surface area (TPSA) is 87.2 Å². The molecule has 2 rings (SSSR count). The van der Waals surface area contributed by atoms with Gasteiger partial charge in [0.2, 0.25) is 15.9 Å². The minimum absolute atomic E-state index is 0.253. The lowest BCUT2D eigenvalue weighted by Gasteiger charge is -2.38. The number of hydrogen-bond donors (Lipinski definition) is 0. The number of benzene rings is 1. The van der Waals surface area contributed by atoms with Crippen molar-refractivity contribution in [1.29, 1.82) is 0 Å². The van der Waals surface area contributed by atoms with Crippen LogP contribution >= 0.6 is 0 Å². The number of rotatable bonds is 6. The number of aryl methyl sites for hydroxylation is 1. The zero-order valence-electron chi connectivity index (χ0n) is 16.9. The van der Waals surface area contributed by atoms with E-state index in [4.69, 9.17) is 4.74 Å². The summed E-state index contributed by atoms with van der Waals surface area (Å²) in [5, 5.41) is 0. The van der Waals surface area contributed by atoms with Crippen LogP contribution in [0.2, 0.25) is 0 Å². The largest absolute Gasteiger partial charge is 0.450 e. The second kappa shape index (κ2) is 9.27. The monoisotopic (exact) mass is 411 g/mol. The molecule has 0 aromatic heterocycles. The fourth-order valence-electron chi connectivity index (χ4n) is 3.27. The highest BCUT2D eigenvalue weighted by molar-refractivity contribution is 7.92. The zero-order chi connectivity index (χ0) is 20.9. The van der Waals surface area contributed by atoms with Gasteiger partial charge >= 0.3 is 6.09 Å². The van der Waals surface area contributed by atoms with Gasteiger partial charge in [0.05, 0.1) is 18.6 Å². The summed E-state index contributed by atoms with van der Waals surface area (Å²) in [7, 11) is -3.66. The average molecular weight is 412 g/mol. The molecular weight excluding hydrogens is 382 g/mol. The number of amides is 2. The highest BCUT2D eigenvalue weighted by Gasteiger charge is 2.35. The second-order valence-electron chi connectivity index (χ2n) is 6.83. The molecule has 0 aliphatic carbocycles. The molecule has 8 nitrogen and oxygen atoms in total. The second-order valence-corrected chi connectivity index (χ2v) is 8.69. The van der Waals surface area contributed by atoms with Crippen molar-refractivity contribution < 1.29 is 22.7 Å². The Kier molecular flexibility index (Phi) is 7.29. The molecule has 1 aromatic rings. The van der Waals surface area contributed by atoms with Crippen LogP contribution < -0.4 is 4.31 Å². The van der Waals surface area contributed by atoms with E-state index < -0.39 is 16.1 Å². The van der Waals surface area contributed by atoms with Crippen LogP contribution in [0, 0.1) is 6.92 Å². The Balaban J connectivity index is 2.19. The molecular formula is C19H29N3O5S. The van der Waals surface area contributed by atoms with Crippen molar-refractivity contribution in [1.82, 2.24) is 9.80 Å². The number of nitrogens with zero attached hydrogens (tertiary/aromatic N) is 3. The first-order valence-corrected chi connectivity index (χ1v) is 11.3. The van der Waals surface area contributed by atoms with Crippen LogP contribution in [0.15, 0.2) is 24.3 Å². The van der Waals surface area contributed by atoms with Crippen LogP contribution in [0.3, 0.4) is 0 Å². The molecule has 1 saturated heterocycles. The summed E-state index contributed by atoms with van der Waals surface area (Å²) in [5.41, 5.74) is 1.48. The standard InChI is InChI=1S/C19H29N3O5S/c1-5-17(22(28(4,25)26)16-9-7-15(3)8-10-16)18(23)20-11-13-21(14-12-20)19(24)27-6-2/h7-10,17H,5-6,11-14H2,1-4H3. The predicted octanol–water partition coefficient (Wildman–Crippen LogP) is 1.84. The lowest BCUT2D eigenvalue weighted by Crippen LogP contribution is -2.56. The Morgan fingerprint density at radius 2 is 1.61 bits per heavy atom. The number of carbonyl (C=O) groups excluding carboxylic acids is 2. The average Bonchev–Trinajstić information content (AvgIpc) is 2.66. The van der Waals surface area contributed by atoms with Crippen LogP contribution in [-0.4, -0.2) is 75.3 Å².